The third kappa shape index (κ3) is 3.39. The van der Waals surface area contributed by atoms with Crippen molar-refractivity contribution >= 4 is 11.8 Å². The molecule has 4 bridgehead atoms. The number of likely N-dealkylation sites (tertiary alicyclic amines) is 1. The first-order valence-corrected chi connectivity index (χ1v) is 11.6. The van der Waals surface area contributed by atoms with Crippen LogP contribution in [0.4, 0.5) is 0 Å². The maximum atomic E-state index is 13.7. The SMILES string of the molecule is CC(=O)N1CCC(C(=O)NCC23CC4CC(CC(C4)C2)C3)(c2ccccc2)CC1. The minimum atomic E-state index is -0.504. The summed E-state index contributed by atoms with van der Waals surface area (Å²) in [4.78, 5) is 27.4. The van der Waals surface area contributed by atoms with Gasteiger partial charge in [0.2, 0.25) is 11.8 Å². The number of carbonyl (C=O) groups is 2. The highest BCUT2D eigenvalue weighted by atomic mass is 16.2. The number of rotatable bonds is 4. The van der Waals surface area contributed by atoms with Gasteiger partial charge < -0.3 is 10.2 Å². The van der Waals surface area contributed by atoms with Gasteiger partial charge in [-0.1, -0.05) is 30.3 Å². The molecule has 5 aliphatic rings. The maximum Gasteiger partial charge on any atom is 0.230 e. The first-order chi connectivity index (χ1) is 14.0. The molecule has 1 aromatic carbocycles. The van der Waals surface area contributed by atoms with Gasteiger partial charge in [-0.15, -0.1) is 0 Å². The quantitative estimate of drug-likeness (QED) is 0.842. The molecule has 1 heterocycles. The minimum absolute atomic E-state index is 0.112. The van der Waals surface area contributed by atoms with Crippen LogP contribution in [0.3, 0.4) is 0 Å². The van der Waals surface area contributed by atoms with Crippen LogP contribution in [0.1, 0.15) is 63.9 Å². The second-order valence-electron chi connectivity index (χ2n) is 10.6. The van der Waals surface area contributed by atoms with Gasteiger partial charge in [0, 0.05) is 26.6 Å². The fourth-order valence-electron chi connectivity index (χ4n) is 7.55. The zero-order chi connectivity index (χ0) is 20.1. The van der Waals surface area contributed by atoms with Crippen molar-refractivity contribution in [3.8, 4) is 0 Å². The molecule has 1 saturated heterocycles. The molecule has 4 aliphatic carbocycles. The average molecular weight is 395 g/mol. The summed E-state index contributed by atoms with van der Waals surface area (Å²) in [6.07, 6.45) is 9.67. The third-order valence-electron chi connectivity index (χ3n) is 8.61. The van der Waals surface area contributed by atoms with Gasteiger partial charge >= 0.3 is 0 Å². The minimum Gasteiger partial charge on any atom is -0.355 e. The first-order valence-electron chi connectivity index (χ1n) is 11.6. The summed E-state index contributed by atoms with van der Waals surface area (Å²) < 4.78 is 0. The second kappa shape index (κ2) is 7.14. The van der Waals surface area contributed by atoms with Crippen molar-refractivity contribution in [2.24, 2.45) is 23.2 Å². The Morgan fingerprint density at radius 1 is 0.966 bits per heavy atom. The van der Waals surface area contributed by atoms with Crippen LogP contribution in [0, 0.1) is 23.2 Å². The largest absolute Gasteiger partial charge is 0.355 e. The van der Waals surface area contributed by atoms with E-state index in [2.05, 4.69) is 17.4 Å². The topological polar surface area (TPSA) is 49.4 Å². The predicted molar refractivity (Wildman–Crippen MR) is 113 cm³/mol. The Hall–Kier alpha value is -1.84. The number of benzene rings is 1. The van der Waals surface area contributed by atoms with Gasteiger partial charge in [-0.2, -0.15) is 0 Å². The molecule has 1 aliphatic heterocycles. The Labute approximate surface area is 174 Å². The molecule has 0 radical (unpaired) electrons. The van der Waals surface area contributed by atoms with Crippen LogP contribution in [-0.4, -0.2) is 36.3 Å². The highest BCUT2D eigenvalue weighted by Crippen LogP contribution is 2.59. The summed E-state index contributed by atoms with van der Waals surface area (Å²) in [5.74, 6) is 3.00. The molecule has 4 heteroatoms. The van der Waals surface area contributed by atoms with Crippen molar-refractivity contribution in [3.63, 3.8) is 0 Å². The standard InChI is InChI=1S/C25H34N2O2/c1-18(28)27-9-7-25(8-10-27,22-5-3-2-4-6-22)23(29)26-17-24-14-19-11-20(15-24)13-21(12-19)16-24/h2-6,19-21H,7-17H2,1H3,(H,26,29). The van der Waals surface area contributed by atoms with Crippen LogP contribution in [0.15, 0.2) is 30.3 Å². The summed E-state index contributed by atoms with van der Waals surface area (Å²) in [5, 5.41) is 3.45. The fraction of sp³-hybridized carbons (Fsp3) is 0.680. The lowest BCUT2D eigenvalue weighted by molar-refractivity contribution is -0.136. The number of hydrogen-bond donors (Lipinski definition) is 1. The summed E-state index contributed by atoms with van der Waals surface area (Å²) >= 11 is 0. The predicted octanol–water partition coefficient (Wildman–Crippen LogP) is 3.90. The molecule has 0 atom stereocenters. The lowest BCUT2D eigenvalue weighted by Crippen LogP contribution is -2.56. The van der Waals surface area contributed by atoms with Crippen LogP contribution in [-0.2, 0) is 15.0 Å². The van der Waals surface area contributed by atoms with Crippen LogP contribution in [0.2, 0.25) is 0 Å². The number of nitrogens with zero attached hydrogens (tertiary/aromatic N) is 1. The number of carbonyl (C=O) groups excluding carboxylic acids is 2. The van der Waals surface area contributed by atoms with Crippen molar-refractivity contribution in [2.75, 3.05) is 19.6 Å². The molecule has 0 aromatic heterocycles. The van der Waals surface area contributed by atoms with E-state index in [9.17, 15) is 9.59 Å². The van der Waals surface area contributed by atoms with Gasteiger partial charge in [0.15, 0.2) is 0 Å². The highest BCUT2D eigenvalue weighted by molar-refractivity contribution is 5.89. The first kappa shape index (κ1) is 19.1. The maximum absolute atomic E-state index is 13.7. The fourth-order valence-corrected chi connectivity index (χ4v) is 7.55. The molecule has 1 aromatic rings. The normalized spacial score (nSPS) is 34.8. The number of hydrogen-bond acceptors (Lipinski definition) is 2. The highest BCUT2D eigenvalue weighted by Gasteiger charge is 2.51. The van der Waals surface area contributed by atoms with E-state index in [1.807, 2.05) is 23.1 Å². The number of amides is 2. The van der Waals surface area contributed by atoms with Gasteiger partial charge in [0.05, 0.1) is 5.41 Å². The van der Waals surface area contributed by atoms with E-state index in [1.54, 1.807) is 6.92 Å². The summed E-state index contributed by atoms with van der Waals surface area (Å²) in [6, 6.07) is 10.2. The molecule has 5 fully saturated rings. The molecule has 6 rings (SSSR count). The molecule has 29 heavy (non-hydrogen) atoms. The Bertz CT molecular complexity index is 744. The Balaban J connectivity index is 1.33. The van der Waals surface area contributed by atoms with Gasteiger partial charge in [-0.05, 0) is 80.1 Å². The monoisotopic (exact) mass is 394 g/mol. The van der Waals surface area contributed by atoms with Gasteiger partial charge in [0.1, 0.15) is 0 Å². The van der Waals surface area contributed by atoms with E-state index in [0.717, 1.165) is 29.9 Å². The van der Waals surface area contributed by atoms with Crippen LogP contribution >= 0.6 is 0 Å². The van der Waals surface area contributed by atoms with E-state index in [-0.39, 0.29) is 11.8 Å². The Morgan fingerprint density at radius 3 is 2.03 bits per heavy atom. The zero-order valence-electron chi connectivity index (χ0n) is 17.7. The molecular weight excluding hydrogens is 360 g/mol. The molecule has 2 amide bonds. The second-order valence-corrected chi connectivity index (χ2v) is 10.6. The summed E-state index contributed by atoms with van der Waals surface area (Å²) in [7, 11) is 0. The summed E-state index contributed by atoms with van der Waals surface area (Å²) in [5.41, 5.74) is 0.948. The van der Waals surface area contributed by atoms with Crippen molar-refractivity contribution in [1.82, 2.24) is 10.2 Å². The lowest BCUT2D eigenvalue weighted by atomic mass is 9.49. The molecule has 1 N–H and O–H groups in total. The summed E-state index contributed by atoms with van der Waals surface area (Å²) in [6.45, 7) is 3.80. The average Bonchev–Trinajstić information content (AvgIpc) is 2.72. The molecule has 156 valence electrons. The van der Waals surface area contributed by atoms with Gasteiger partial charge in [-0.3, -0.25) is 9.59 Å². The van der Waals surface area contributed by atoms with E-state index in [4.69, 9.17) is 0 Å². The molecule has 0 spiro atoms. The van der Waals surface area contributed by atoms with Crippen molar-refractivity contribution in [2.45, 2.75) is 63.7 Å². The number of nitrogens with one attached hydrogen (secondary N) is 1. The Morgan fingerprint density at radius 2 is 1.52 bits per heavy atom. The zero-order valence-corrected chi connectivity index (χ0v) is 17.7. The van der Waals surface area contributed by atoms with Crippen molar-refractivity contribution in [1.29, 1.82) is 0 Å². The smallest absolute Gasteiger partial charge is 0.230 e. The number of piperidine rings is 1. The van der Waals surface area contributed by atoms with E-state index in [0.29, 0.717) is 31.3 Å². The lowest BCUT2D eigenvalue weighted by Gasteiger charge is -2.57. The van der Waals surface area contributed by atoms with Gasteiger partial charge in [0.25, 0.3) is 0 Å². The van der Waals surface area contributed by atoms with Crippen molar-refractivity contribution < 1.29 is 9.59 Å². The van der Waals surface area contributed by atoms with Crippen LogP contribution in [0.25, 0.3) is 0 Å². The molecule has 4 nitrogen and oxygen atoms in total. The van der Waals surface area contributed by atoms with Gasteiger partial charge in [-0.25, -0.2) is 0 Å². The van der Waals surface area contributed by atoms with E-state index in [1.165, 1.54) is 38.5 Å². The molecular formula is C25H34N2O2. The van der Waals surface area contributed by atoms with E-state index < -0.39 is 5.41 Å². The Kier molecular flexibility index (Phi) is 4.71. The molecule has 4 saturated carbocycles. The van der Waals surface area contributed by atoms with Crippen LogP contribution < -0.4 is 5.32 Å². The molecule has 0 unspecified atom stereocenters. The van der Waals surface area contributed by atoms with Crippen molar-refractivity contribution in [3.05, 3.63) is 35.9 Å². The van der Waals surface area contributed by atoms with E-state index >= 15 is 0 Å². The van der Waals surface area contributed by atoms with Crippen LogP contribution in [0.5, 0.6) is 0 Å². The third-order valence-corrected chi connectivity index (χ3v) is 8.61.